The lowest BCUT2D eigenvalue weighted by atomic mass is 10.3. The highest BCUT2D eigenvalue weighted by Gasteiger charge is 2.12. The summed E-state index contributed by atoms with van der Waals surface area (Å²) < 4.78 is 0. The monoisotopic (exact) mass is 209 g/mol. The van der Waals surface area contributed by atoms with Crippen molar-refractivity contribution < 1.29 is 4.79 Å². The second-order valence-electron chi connectivity index (χ2n) is 2.68. The average Bonchev–Trinajstić information content (AvgIpc) is 2.45. The molecule has 0 atom stereocenters. The second kappa shape index (κ2) is 4.63. The molecule has 0 unspecified atom stereocenters. The molecule has 0 radical (unpaired) electrons. The standard InChI is InChI=1S/C9H11N3OS/c1-3-4-5-11-8(13)7-6(2)12-9(10)14-7/h1H,4-5H2,2H3,(H2,10,12)(H,11,13). The van der Waals surface area contributed by atoms with Gasteiger partial charge in [0.2, 0.25) is 0 Å². The molecule has 1 amide bonds. The van der Waals surface area contributed by atoms with Crippen LogP contribution in [0.2, 0.25) is 0 Å². The van der Waals surface area contributed by atoms with Crippen LogP contribution in [0.5, 0.6) is 0 Å². The summed E-state index contributed by atoms with van der Waals surface area (Å²) in [5.74, 6) is 2.28. The Morgan fingerprint density at radius 3 is 3.00 bits per heavy atom. The van der Waals surface area contributed by atoms with Gasteiger partial charge in [-0.1, -0.05) is 11.3 Å². The molecule has 0 spiro atoms. The number of carbonyl (C=O) groups is 1. The number of aromatic nitrogens is 1. The summed E-state index contributed by atoms with van der Waals surface area (Å²) in [6.45, 7) is 2.23. The van der Waals surface area contributed by atoms with Gasteiger partial charge in [-0.15, -0.1) is 12.3 Å². The molecule has 0 aliphatic heterocycles. The zero-order valence-electron chi connectivity index (χ0n) is 7.83. The number of anilines is 1. The molecular formula is C9H11N3OS. The SMILES string of the molecule is C#CCCNC(=O)c1sc(N)nc1C. The molecule has 0 aliphatic rings. The van der Waals surface area contributed by atoms with Crippen LogP contribution in [-0.4, -0.2) is 17.4 Å². The second-order valence-corrected chi connectivity index (χ2v) is 3.71. The van der Waals surface area contributed by atoms with Gasteiger partial charge in [0.05, 0.1) is 5.69 Å². The number of terminal acetylenes is 1. The summed E-state index contributed by atoms with van der Waals surface area (Å²) in [7, 11) is 0. The van der Waals surface area contributed by atoms with Crippen molar-refractivity contribution in [2.45, 2.75) is 13.3 Å². The molecule has 14 heavy (non-hydrogen) atoms. The Balaban J connectivity index is 2.61. The minimum Gasteiger partial charge on any atom is -0.375 e. The number of hydrogen-bond acceptors (Lipinski definition) is 4. The maximum absolute atomic E-state index is 11.5. The predicted octanol–water partition coefficient (Wildman–Crippen LogP) is 0.787. The molecule has 0 aromatic carbocycles. The molecule has 3 N–H and O–H groups in total. The molecule has 0 bridgehead atoms. The molecule has 1 rings (SSSR count). The summed E-state index contributed by atoms with van der Waals surface area (Å²) >= 11 is 1.18. The fraction of sp³-hybridized carbons (Fsp3) is 0.333. The van der Waals surface area contributed by atoms with Gasteiger partial charge in [0.1, 0.15) is 4.88 Å². The molecule has 74 valence electrons. The van der Waals surface area contributed by atoms with Crippen LogP contribution in [0.15, 0.2) is 0 Å². The highest BCUT2D eigenvalue weighted by molar-refractivity contribution is 7.17. The van der Waals surface area contributed by atoms with Crippen molar-refractivity contribution in [3.63, 3.8) is 0 Å². The number of amides is 1. The van der Waals surface area contributed by atoms with Crippen molar-refractivity contribution in [2.24, 2.45) is 0 Å². The van der Waals surface area contributed by atoms with Gasteiger partial charge in [-0.2, -0.15) is 0 Å². The molecule has 0 fully saturated rings. The Hall–Kier alpha value is -1.54. The summed E-state index contributed by atoms with van der Waals surface area (Å²) in [5, 5.41) is 3.09. The number of nitrogens with one attached hydrogen (secondary N) is 1. The van der Waals surface area contributed by atoms with Crippen molar-refractivity contribution in [3.05, 3.63) is 10.6 Å². The summed E-state index contributed by atoms with van der Waals surface area (Å²) in [6.07, 6.45) is 5.58. The maximum atomic E-state index is 11.5. The Morgan fingerprint density at radius 1 is 1.79 bits per heavy atom. The average molecular weight is 209 g/mol. The van der Waals surface area contributed by atoms with E-state index in [9.17, 15) is 4.79 Å². The van der Waals surface area contributed by atoms with Crippen molar-refractivity contribution in [3.8, 4) is 12.3 Å². The van der Waals surface area contributed by atoms with Crippen LogP contribution in [0.25, 0.3) is 0 Å². The van der Waals surface area contributed by atoms with E-state index in [2.05, 4.69) is 16.2 Å². The first kappa shape index (κ1) is 10.5. The summed E-state index contributed by atoms with van der Waals surface area (Å²) in [6, 6.07) is 0. The van der Waals surface area contributed by atoms with Gasteiger partial charge in [-0.05, 0) is 6.92 Å². The Labute approximate surface area is 86.5 Å². The fourth-order valence-electron chi connectivity index (χ4n) is 0.956. The van der Waals surface area contributed by atoms with Crippen molar-refractivity contribution in [2.75, 3.05) is 12.3 Å². The van der Waals surface area contributed by atoms with E-state index in [1.54, 1.807) is 6.92 Å². The third-order valence-corrected chi connectivity index (χ3v) is 2.56. The van der Waals surface area contributed by atoms with E-state index in [1.807, 2.05) is 0 Å². The number of rotatable bonds is 3. The number of hydrogen-bond donors (Lipinski definition) is 2. The van der Waals surface area contributed by atoms with Gasteiger partial charge in [-0.25, -0.2) is 4.98 Å². The van der Waals surface area contributed by atoms with E-state index in [-0.39, 0.29) is 5.91 Å². The topological polar surface area (TPSA) is 68.0 Å². The lowest BCUT2D eigenvalue weighted by Gasteiger charge is -1.99. The van der Waals surface area contributed by atoms with Gasteiger partial charge in [-0.3, -0.25) is 4.79 Å². The third-order valence-electron chi connectivity index (χ3n) is 1.57. The van der Waals surface area contributed by atoms with Crippen LogP contribution < -0.4 is 11.1 Å². The Kier molecular flexibility index (Phi) is 3.48. The molecule has 5 heteroatoms. The maximum Gasteiger partial charge on any atom is 0.263 e. The van der Waals surface area contributed by atoms with E-state index >= 15 is 0 Å². The van der Waals surface area contributed by atoms with Crippen LogP contribution >= 0.6 is 11.3 Å². The Bertz CT molecular complexity index is 378. The van der Waals surface area contributed by atoms with Gasteiger partial charge < -0.3 is 11.1 Å². The van der Waals surface area contributed by atoms with Crippen LogP contribution in [0, 0.1) is 19.3 Å². The number of nitrogens with two attached hydrogens (primary N) is 1. The number of carbonyl (C=O) groups excluding carboxylic acids is 1. The van der Waals surface area contributed by atoms with E-state index in [0.717, 1.165) is 0 Å². The van der Waals surface area contributed by atoms with Gasteiger partial charge >= 0.3 is 0 Å². The third kappa shape index (κ3) is 2.47. The molecule has 0 saturated heterocycles. The molecule has 1 heterocycles. The van der Waals surface area contributed by atoms with Crippen LogP contribution in [0.4, 0.5) is 5.13 Å². The lowest BCUT2D eigenvalue weighted by Crippen LogP contribution is -2.23. The molecule has 1 aromatic rings. The number of nitrogen functional groups attached to an aromatic ring is 1. The van der Waals surface area contributed by atoms with E-state index in [1.165, 1.54) is 11.3 Å². The largest absolute Gasteiger partial charge is 0.375 e. The van der Waals surface area contributed by atoms with Crippen molar-refractivity contribution in [1.82, 2.24) is 10.3 Å². The van der Waals surface area contributed by atoms with Crippen LogP contribution in [-0.2, 0) is 0 Å². The zero-order valence-corrected chi connectivity index (χ0v) is 8.65. The number of nitrogens with zero attached hydrogens (tertiary/aromatic N) is 1. The first-order valence-corrected chi connectivity index (χ1v) is 4.91. The van der Waals surface area contributed by atoms with Crippen LogP contribution in [0.3, 0.4) is 0 Å². The zero-order chi connectivity index (χ0) is 10.6. The van der Waals surface area contributed by atoms with Gasteiger partial charge in [0.15, 0.2) is 5.13 Å². The first-order valence-electron chi connectivity index (χ1n) is 4.09. The molecule has 1 aromatic heterocycles. The first-order chi connectivity index (χ1) is 6.65. The quantitative estimate of drug-likeness (QED) is 0.571. The number of thiazole rings is 1. The Morgan fingerprint density at radius 2 is 2.50 bits per heavy atom. The highest BCUT2D eigenvalue weighted by Crippen LogP contribution is 2.18. The summed E-state index contributed by atoms with van der Waals surface area (Å²) in [5.41, 5.74) is 6.13. The van der Waals surface area contributed by atoms with Crippen LogP contribution in [0.1, 0.15) is 21.8 Å². The lowest BCUT2D eigenvalue weighted by molar-refractivity contribution is 0.0958. The minimum atomic E-state index is -0.160. The van der Waals surface area contributed by atoms with Gasteiger partial charge in [0.25, 0.3) is 5.91 Å². The highest BCUT2D eigenvalue weighted by atomic mass is 32.1. The smallest absolute Gasteiger partial charge is 0.263 e. The normalized spacial score (nSPS) is 9.43. The molecule has 0 aliphatic carbocycles. The predicted molar refractivity (Wildman–Crippen MR) is 57.0 cm³/mol. The van der Waals surface area contributed by atoms with E-state index < -0.39 is 0 Å². The molecular weight excluding hydrogens is 198 g/mol. The fourth-order valence-corrected chi connectivity index (χ4v) is 1.71. The van der Waals surface area contributed by atoms with Crippen molar-refractivity contribution >= 4 is 22.4 Å². The van der Waals surface area contributed by atoms with E-state index in [0.29, 0.717) is 28.7 Å². The molecule has 4 nitrogen and oxygen atoms in total. The van der Waals surface area contributed by atoms with Gasteiger partial charge in [0, 0.05) is 13.0 Å². The molecule has 0 saturated carbocycles. The number of aryl methyl sites for hydroxylation is 1. The summed E-state index contributed by atoms with van der Waals surface area (Å²) in [4.78, 5) is 16.0. The van der Waals surface area contributed by atoms with E-state index in [4.69, 9.17) is 12.2 Å². The van der Waals surface area contributed by atoms with Crippen molar-refractivity contribution in [1.29, 1.82) is 0 Å². The minimum absolute atomic E-state index is 0.160.